The zero-order chi connectivity index (χ0) is 9.14. The van der Waals surface area contributed by atoms with Crippen LogP contribution in [0.2, 0.25) is 0 Å². The average molecular weight is 171 g/mol. The summed E-state index contributed by atoms with van der Waals surface area (Å²) in [6.07, 6.45) is 3.00. The van der Waals surface area contributed by atoms with Crippen LogP contribution in [-0.4, -0.2) is 23.3 Å². The van der Waals surface area contributed by atoms with Crippen LogP contribution in [0.15, 0.2) is 0 Å². The van der Waals surface area contributed by atoms with Gasteiger partial charge >= 0.3 is 0 Å². The zero-order valence-electron chi connectivity index (χ0n) is 8.38. The van der Waals surface area contributed by atoms with Gasteiger partial charge in [0.1, 0.15) is 0 Å². The summed E-state index contributed by atoms with van der Waals surface area (Å²) in [5, 5.41) is 12.9. The molecule has 2 heteroatoms. The van der Waals surface area contributed by atoms with Crippen LogP contribution in [-0.2, 0) is 0 Å². The van der Waals surface area contributed by atoms with Crippen molar-refractivity contribution >= 4 is 0 Å². The predicted molar refractivity (Wildman–Crippen MR) is 51.1 cm³/mol. The van der Waals surface area contributed by atoms with Crippen LogP contribution in [0.3, 0.4) is 0 Å². The summed E-state index contributed by atoms with van der Waals surface area (Å²) in [6, 6.07) is 1.12. The van der Waals surface area contributed by atoms with Gasteiger partial charge in [0.15, 0.2) is 0 Å². The minimum atomic E-state index is -0.0538. The molecule has 72 valence electrons. The third-order valence-electron chi connectivity index (χ3n) is 2.90. The summed E-state index contributed by atoms with van der Waals surface area (Å²) >= 11 is 0. The molecule has 0 saturated heterocycles. The highest BCUT2D eigenvalue weighted by molar-refractivity contribution is 4.82. The second kappa shape index (κ2) is 4.24. The maximum absolute atomic E-state index is 9.31. The third-order valence-corrected chi connectivity index (χ3v) is 2.90. The molecular weight excluding hydrogens is 150 g/mol. The van der Waals surface area contributed by atoms with E-state index in [9.17, 15) is 5.11 Å². The normalized spacial score (nSPS) is 32.8. The summed E-state index contributed by atoms with van der Waals surface area (Å²) in [5.74, 6) is 0.683. The Hall–Kier alpha value is -0.0800. The molecule has 1 rings (SSSR count). The number of nitrogens with one attached hydrogen (secondary N) is 1. The van der Waals surface area contributed by atoms with E-state index in [2.05, 4.69) is 26.1 Å². The maximum atomic E-state index is 9.31. The lowest BCUT2D eigenvalue weighted by atomic mass is 10.1. The first-order chi connectivity index (χ1) is 5.59. The number of aliphatic hydroxyl groups excluding tert-OH is 1. The van der Waals surface area contributed by atoms with Crippen LogP contribution >= 0.6 is 0 Å². The minimum Gasteiger partial charge on any atom is -0.393 e. The molecule has 0 aromatic rings. The van der Waals surface area contributed by atoms with Gasteiger partial charge in [0.05, 0.1) is 6.10 Å². The van der Waals surface area contributed by atoms with Crippen LogP contribution in [0.1, 0.15) is 40.0 Å². The van der Waals surface area contributed by atoms with Gasteiger partial charge in [-0.3, -0.25) is 0 Å². The molecule has 1 unspecified atom stereocenters. The molecule has 12 heavy (non-hydrogen) atoms. The molecule has 1 aliphatic rings. The smallest absolute Gasteiger partial charge is 0.0555 e. The van der Waals surface area contributed by atoms with Crippen molar-refractivity contribution < 1.29 is 5.11 Å². The van der Waals surface area contributed by atoms with Gasteiger partial charge in [0.2, 0.25) is 0 Å². The molecule has 0 amide bonds. The van der Waals surface area contributed by atoms with E-state index in [-0.39, 0.29) is 6.10 Å². The highest BCUT2D eigenvalue weighted by Crippen LogP contribution is 2.19. The predicted octanol–water partition coefficient (Wildman–Crippen LogP) is 1.53. The molecule has 1 saturated carbocycles. The first-order valence-corrected chi connectivity index (χ1v) is 5.03. The number of hydrogen-bond acceptors (Lipinski definition) is 2. The second-order valence-electron chi connectivity index (χ2n) is 4.36. The molecule has 1 fully saturated rings. The van der Waals surface area contributed by atoms with Crippen LogP contribution in [0.5, 0.6) is 0 Å². The SMILES string of the molecule is CC(C)C(C)N[C@H]1CC[C@@H](O)C1. The van der Waals surface area contributed by atoms with E-state index in [0.29, 0.717) is 18.0 Å². The fourth-order valence-corrected chi connectivity index (χ4v) is 1.67. The van der Waals surface area contributed by atoms with Crippen molar-refractivity contribution in [1.82, 2.24) is 5.32 Å². The summed E-state index contributed by atoms with van der Waals surface area (Å²) in [4.78, 5) is 0. The third kappa shape index (κ3) is 2.76. The van der Waals surface area contributed by atoms with Crippen LogP contribution in [0.4, 0.5) is 0 Å². The molecular formula is C10H21NO. The van der Waals surface area contributed by atoms with Crippen molar-refractivity contribution in [2.24, 2.45) is 5.92 Å². The average Bonchev–Trinajstić information content (AvgIpc) is 2.35. The van der Waals surface area contributed by atoms with Gasteiger partial charge in [-0.1, -0.05) is 13.8 Å². The fraction of sp³-hybridized carbons (Fsp3) is 1.00. The lowest BCUT2D eigenvalue weighted by Gasteiger charge is -2.22. The first kappa shape index (κ1) is 10.0. The van der Waals surface area contributed by atoms with Crippen molar-refractivity contribution in [1.29, 1.82) is 0 Å². The summed E-state index contributed by atoms with van der Waals surface area (Å²) in [5.41, 5.74) is 0. The number of aliphatic hydroxyl groups is 1. The van der Waals surface area contributed by atoms with Gasteiger partial charge < -0.3 is 10.4 Å². The van der Waals surface area contributed by atoms with Crippen molar-refractivity contribution in [2.75, 3.05) is 0 Å². The van der Waals surface area contributed by atoms with Gasteiger partial charge in [-0.05, 0) is 32.1 Å². The van der Waals surface area contributed by atoms with Crippen molar-refractivity contribution in [2.45, 2.75) is 58.2 Å². The maximum Gasteiger partial charge on any atom is 0.0555 e. The Kier molecular flexibility index (Phi) is 3.53. The standard InChI is InChI=1S/C10H21NO/c1-7(2)8(3)11-9-4-5-10(12)6-9/h7-12H,4-6H2,1-3H3/t8?,9-,10+/m0/s1. The molecule has 0 radical (unpaired) electrons. The highest BCUT2D eigenvalue weighted by Gasteiger charge is 2.24. The summed E-state index contributed by atoms with van der Waals surface area (Å²) < 4.78 is 0. The Morgan fingerprint density at radius 1 is 1.25 bits per heavy atom. The lowest BCUT2D eigenvalue weighted by molar-refractivity contribution is 0.178. The van der Waals surface area contributed by atoms with E-state index in [1.165, 1.54) is 0 Å². The Balaban J connectivity index is 2.23. The van der Waals surface area contributed by atoms with Crippen molar-refractivity contribution in [3.05, 3.63) is 0 Å². The Bertz CT molecular complexity index is 136. The summed E-state index contributed by atoms with van der Waals surface area (Å²) in [6.45, 7) is 6.67. The van der Waals surface area contributed by atoms with Crippen LogP contribution in [0.25, 0.3) is 0 Å². The second-order valence-corrected chi connectivity index (χ2v) is 4.36. The van der Waals surface area contributed by atoms with Gasteiger partial charge in [-0.2, -0.15) is 0 Å². The molecule has 0 bridgehead atoms. The summed E-state index contributed by atoms with van der Waals surface area (Å²) in [7, 11) is 0. The molecule has 0 aromatic heterocycles. The van der Waals surface area contributed by atoms with E-state index in [1.807, 2.05) is 0 Å². The largest absolute Gasteiger partial charge is 0.393 e. The molecule has 2 N–H and O–H groups in total. The molecule has 3 atom stereocenters. The quantitative estimate of drug-likeness (QED) is 0.675. The monoisotopic (exact) mass is 171 g/mol. The van der Waals surface area contributed by atoms with Crippen LogP contribution < -0.4 is 5.32 Å². The van der Waals surface area contributed by atoms with Gasteiger partial charge in [0, 0.05) is 12.1 Å². The Morgan fingerprint density at radius 3 is 2.33 bits per heavy atom. The lowest BCUT2D eigenvalue weighted by Crippen LogP contribution is -2.38. The molecule has 0 aliphatic heterocycles. The zero-order valence-corrected chi connectivity index (χ0v) is 8.38. The van der Waals surface area contributed by atoms with E-state index in [0.717, 1.165) is 19.3 Å². The van der Waals surface area contributed by atoms with Gasteiger partial charge in [-0.15, -0.1) is 0 Å². The number of hydrogen-bond donors (Lipinski definition) is 2. The minimum absolute atomic E-state index is 0.0538. The van der Waals surface area contributed by atoms with Crippen molar-refractivity contribution in [3.63, 3.8) is 0 Å². The molecule has 0 aromatic carbocycles. The Labute approximate surface area is 75.4 Å². The van der Waals surface area contributed by atoms with E-state index < -0.39 is 0 Å². The molecule has 2 nitrogen and oxygen atoms in total. The van der Waals surface area contributed by atoms with Gasteiger partial charge in [0.25, 0.3) is 0 Å². The van der Waals surface area contributed by atoms with E-state index >= 15 is 0 Å². The van der Waals surface area contributed by atoms with E-state index in [1.54, 1.807) is 0 Å². The van der Waals surface area contributed by atoms with Crippen molar-refractivity contribution in [3.8, 4) is 0 Å². The molecule has 0 spiro atoms. The Morgan fingerprint density at radius 2 is 1.92 bits per heavy atom. The first-order valence-electron chi connectivity index (χ1n) is 5.03. The van der Waals surface area contributed by atoms with E-state index in [4.69, 9.17) is 0 Å². The fourth-order valence-electron chi connectivity index (χ4n) is 1.67. The topological polar surface area (TPSA) is 32.3 Å². The van der Waals surface area contributed by atoms with Gasteiger partial charge in [-0.25, -0.2) is 0 Å². The molecule has 1 aliphatic carbocycles. The molecule has 0 heterocycles. The highest BCUT2D eigenvalue weighted by atomic mass is 16.3. The number of rotatable bonds is 3. The van der Waals surface area contributed by atoms with Crippen LogP contribution in [0, 0.1) is 5.92 Å².